The molecule has 0 rings (SSSR count). The molecule has 2 N–H and O–H groups in total. The van der Waals surface area contributed by atoms with Crippen LogP contribution in [-0.2, 0) is 14.3 Å². The lowest BCUT2D eigenvalue weighted by Crippen LogP contribution is -2.49. The molecule has 1 unspecified atom stereocenters. The van der Waals surface area contributed by atoms with Gasteiger partial charge in [-0.2, -0.15) is 0 Å². The van der Waals surface area contributed by atoms with E-state index >= 15 is 0 Å². The first kappa shape index (κ1) is 21.4. The van der Waals surface area contributed by atoms with Gasteiger partial charge in [0, 0.05) is 0 Å². The summed E-state index contributed by atoms with van der Waals surface area (Å²) in [6.07, 6.45) is 1.40. The van der Waals surface area contributed by atoms with Crippen molar-refractivity contribution in [2.24, 2.45) is 5.73 Å². The summed E-state index contributed by atoms with van der Waals surface area (Å²) in [5.74, 6) is 0. The first-order valence-corrected chi connectivity index (χ1v) is 7.74. The summed E-state index contributed by atoms with van der Waals surface area (Å²) in [6, 6.07) is -1.06. The predicted octanol–water partition coefficient (Wildman–Crippen LogP) is 2.77. The van der Waals surface area contributed by atoms with Gasteiger partial charge in [0.15, 0.2) is 0 Å². The average Bonchev–Trinajstić information content (AvgIpc) is 2.33. The first-order valence-electron chi connectivity index (χ1n) is 7.74. The summed E-state index contributed by atoms with van der Waals surface area (Å²) in [5, 5.41) is 0. The zero-order valence-electron chi connectivity index (χ0n) is 15.0. The van der Waals surface area contributed by atoms with Gasteiger partial charge in [0.25, 0.3) is 0 Å². The maximum atomic E-state index is 12.3. The Kier molecular flexibility index (Phi) is 8.23. The molecule has 0 saturated carbocycles. The van der Waals surface area contributed by atoms with Gasteiger partial charge in [0.05, 0.1) is 0 Å². The van der Waals surface area contributed by atoms with Crippen molar-refractivity contribution in [3.63, 3.8) is 0 Å². The highest BCUT2D eigenvalue weighted by Crippen LogP contribution is 2.18. The molecular weight excluding hydrogens is 300 g/mol. The van der Waals surface area contributed by atoms with Crippen LogP contribution in [0, 0.1) is 0 Å². The lowest BCUT2D eigenvalue weighted by molar-refractivity contribution is -0.00309. The summed E-state index contributed by atoms with van der Waals surface area (Å²) in [7, 11) is 0. The zero-order chi connectivity index (χ0) is 18.3. The molecule has 0 aromatic rings. The van der Waals surface area contributed by atoms with Crippen molar-refractivity contribution in [3.8, 4) is 0 Å². The molecule has 1 atom stereocenters. The number of hydrogen-bond acceptors (Lipinski definition) is 6. The minimum absolute atomic E-state index is 0.263. The Labute approximate surface area is 138 Å². The number of unbranched alkanes of at least 4 members (excludes halogenated alkanes) is 1. The van der Waals surface area contributed by atoms with Crippen LogP contribution in [0.1, 0.15) is 60.8 Å². The molecule has 133 valence electrons. The van der Waals surface area contributed by atoms with Crippen molar-refractivity contribution in [2.75, 3.05) is 6.54 Å². The lowest BCUT2D eigenvalue weighted by Gasteiger charge is -2.31. The van der Waals surface area contributed by atoms with E-state index in [9.17, 15) is 14.4 Å². The monoisotopic (exact) mass is 329 g/mol. The second kappa shape index (κ2) is 8.86. The molecule has 0 heterocycles. The van der Waals surface area contributed by atoms with Gasteiger partial charge in [-0.05, 0) is 67.3 Å². The molecule has 0 aliphatic heterocycles. The molecule has 0 bridgehead atoms. The van der Waals surface area contributed by atoms with Crippen molar-refractivity contribution < 1.29 is 23.9 Å². The van der Waals surface area contributed by atoms with Crippen molar-refractivity contribution in [1.82, 2.24) is 4.90 Å². The number of hydrogen-bond donors (Lipinski definition) is 1. The number of amides is 2. The third kappa shape index (κ3) is 9.18. The average molecular weight is 329 g/mol. The van der Waals surface area contributed by atoms with Crippen molar-refractivity contribution >= 4 is 18.5 Å². The Bertz CT molecular complexity index is 382. The zero-order valence-corrected chi connectivity index (χ0v) is 15.0. The summed E-state index contributed by atoms with van der Waals surface area (Å²) < 4.78 is 10.4. The van der Waals surface area contributed by atoms with Gasteiger partial charge in [-0.1, -0.05) is 0 Å². The number of rotatable bonds is 6. The second-order valence-electron chi connectivity index (χ2n) is 7.25. The molecule has 2 amide bonds. The molecule has 0 aromatic carbocycles. The molecule has 0 aromatic heterocycles. The molecular formula is C16H29N2O5. The van der Waals surface area contributed by atoms with Gasteiger partial charge < -0.3 is 15.2 Å². The van der Waals surface area contributed by atoms with Crippen molar-refractivity contribution in [3.05, 3.63) is 0 Å². The van der Waals surface area contributed by atoms with Crippen LogP contribution in [-0.4, -0.2) is 47.2 Å². The highest BCUT2D eigenvalue weighted by molar-refractivity contribution is 5.91. The normalized spacial score (nSPS) is 13.2. The second-order valence-corrected chi connectivity index (χ2v) is 7.25. The van der Waals surface area contributed by atoms with Crippen LogP contribution >= 0.6 is 0 Å². The van der Waals surface area contributed by atoms with Crippen LogP contribution in [0.25, 0.3) is 0 Å². The van der Waals surface area contributed by atoms with E-state index in [1.807, 2.05) is 0 Å². The number of nitrogens with zero attached hydrogens (tertiary/aromatic N) is 1. The highest BCUT2D eigenvalue weighted by atomic mass is 16.6. The van der Waals surface area contributed by atoms with E-state index in [0.29, 0.717) is 24.3 Å². The third-order valence-corrected chi connectivity index (χ3v) is 2.56. The molecule has 0 aliphatic rings. The maximum Gasteiger partial charge on any atom is 0.420 e. The Hall–Kier alpha value is -1.63. The van der Waals surface area contributed by atoms with Crippen molar-refractivity contribution in [2.45, 2.75) is 78.0 Å². The van der Waals surface area contributed by atoms with Crippen LogP contribution < -0.4 is 5.73 Å². The first-order chi connectivity index (χ1) is 10.4. The summed E-state index contributed by atoms with van der Waals surface area (Å²) in [6.45, 7) is 10.5. The molecule has 0 aliphatic carbocycles. The van der Waals surface area contributed by atoms with Gasteiger partial charge in [-0.25, -0.2) is 14.5 Å². The van der Waals surface area contributed by atoms with Gasteiger partial charge in [0.2, 0.25) is 6.29 Å². The number of carbonyl (C=O) groups excluding carboxylic acids is 3. The van der Waals surface area contributed by atoms with Crippen LogP contribution in [0.3, 0.4) is 0 Å². The van der Waals surface area contributed by atoms with E-state index in [4.69, 9.17) is 15.2 Å². The van der Waals surface area contributed by atoms with E-state index in [-0.39, 0.29) is 6.42 Å². The minimum Gasteiger partial charge on any atom is -0.443 e. The van der Waals surface area contributed by atoms with Crippen LogP contribution in [0.15, 0.2) is 0 Å². The Morgan fingerprint density at radius 2 is 1.43 bits per heavy atom. The van der Waals surface area contributed by atoms with E-state index in [0.717, 1.165) is 0 Å². The highest BCUT2D eigenvalue weighted by Gasteiger charge is 2.36. The minimum atomic E-state index is -1.06. The molecule has 7 heteroatoms. The van der Waals surface area contributed by atoms with Gasteiger partial charge in [0.1, 0.15) is 17.2 Å². The molecule has 23 heavy (non-hydrogen) atoms. The fraction of sp³-hybridized carbons (Fsp3) is 0.812. The smallest absolute Gasteiger partial charge is 0.420 e. The maximum absolute atomic E-state index is 12.3. The van der Waals surface area contributed by atoms with Crippen molar-refractivity contribution in [1.29, 1.82) is 0 Å². The molecule has 0 spiro atoms. The molecule has 1 radical (unpaired) electrons. The van der Waals surface area contributed by atoms with E-state index < -0.39 is 29.4 Å². The van der Waals surface area contributed by atoms with Gasteiger partial charge >= 0.3 is 12.2 Å². The quantitative estimate of drug-likeness (QED) is 0.752. The third-order valence-electron chi connectivity index (χ3n) is 2.56. The fourth-order valence-electron chi connectivity index (χ4n) is 1.67. The summed E-state index contributed by atoms with van der Waals surface area (Å²) >= 11 is 0. The molecule has 0 fully saturated rings. The summed E-state index contributed by atoms with van der Waals surface area (Å²) in [4.78, 5) is 36.6. The number of nitrogens with two attached hydrogens (primary N) is 1. The predicted molar refractivity (Wildman–Crippen MR) is 86.7 cm³/mol. The Balaban J connectivity index is 5.29. The molecule has 0 saturated heterocycles. The number of imide groups is 1. The topological polar surface area (TPSA) is 98.9 Å². The number of ether oxygens (including phenoxy) is 2. The number of carbonyl (C=O) groups is 2. The van der Waals surface area contributed by atoms with E-state index in [1.165, 1.54) is 0 Å². The van der Waals surface area contributed by atoms with E-state index in [1.54, 1.807) is 47.8 Å². The fourth-order valence-corrected chi connectivity index (χ4v) is 1.67. The standard InChI is InChI=1S/C16H29N2O5/c1-15(2,3)22-13(20)18(14(21)23-16(4,5)6)12(11-19)9-7-8-10-17/h12H,7-10,17H2,1-6H3. The van der Waals surface area contributed by atoms with Crippen LogP contribution in [0.4, 0.5) is 9.59 Å². The summed E-state index contributed by atoms with van der Waals surface area (Å²) in [5.41, 5.74) is 3.82. The largest absolute Gasteiger partial charge is 0.443 e. The van der Waals surface area contributed by atoms with Gasteiger partial charge in [-0.15, -0.1) is 0 Å². The SMILES string of the molecule is CC(C)(C)OC(=O)N(C(=O)OC(C)(C)C)C([C]=O)CCCCN. The van der Waals surface area contributed by atoms with Crippen LogP contribution in [0.5, 0.6) is 0 Å². The van der Waals surface area contributed by atoms with Gasteiger partial charge in [-0.3, -0.25) is 4.79 Å². The Morgan fingerprint density at radius 1 is 1.00 bits per heavy atom. The molecule has 7 nitrogen and oxygen atoms in total. The van der Waals surface area contributed by atoms with E-state index in [2.05, 4.69) is 0 Å². The Morgan fingerprint density at radius 3 is 1.74 bits per heavy atom. The van der Waals surface area contributed by atoms with Crippen LogP contribution in [0.2, 0.25) is 0 Å². The lowest BCUT2D eigenvalue weighted by atomic mass is 10.1.